The van der Waals surface area contributed by atoms with E-state index in [1.54, 1.807) is 0 Å². The number of nitrogens with two attached hydrogens (primary N) is 1. The molecule has 7 rings (SSSR count). The normalized spacial score (nSPS) is 15.5. The zero-order chi connectivity index (χ0) is 32.1. The van der Waals surface area contributed by atoms with Gasteiger partial charge in [-0.25, -0.2) is 18.7 Å². The van der Waals surface area contributed by atoms with E-state index < -0.39 is 11.6 Å². The number of anilines is 5. The Morgan fingerprint density at radius 2 is 1.38 bits per heavy atom. The Morgan fingerprint density at radius 3 is 1.93 bits per heavy atom. The third kappa shape index (κ3) is 6.13. The van der Waals surface area contributed by atoms with Gasteiger partial charge in [-0.3, -0.25) is 5.10 Å². The Kier molecular flexibility index (Phi) is 7.61. The van der Waals surface area contributed by atoms with Crippen molar-refractivity contribution in [2.45, 2.75) is 53.4 Å². The van der Waals surface area contributed by atoms with Crippen molar-refractivity contribution in [2.75, 3.05) is 16.4 Å². The Labute approximate surface area is 265 Å². The standard InChI is InChI=1S/C17H15ClFN3.C17H18FN5/c1-17(2)7-10-4-3-5-14(12(10)8-17)21-16-13(19)6-11(9-20)15(18)22-16;1-17(2)7-9-4-3-5-13(11(9)8-17)20-16-12(18)6-10-14(19)22-23-15(10)21-16/h3-6H,7-8H2,1-2H3,(H,21,22);3-6H,7-8H2,1-2H3,(H4,19,20,21,22,23). The predicted molar refractivity (Wildman–Crippen MR) is 174 cm³/mol. The molecule has 5 aromatic rings. The number of benzene rings is 2. The Bertz CT molecular complexity index is 1990. The summed E-state index contributed by atoms with van der Waals surface area (Å²) in [5.74, 6) is -0.499. The summed E-state index contributed by atoms with van der Waals surface area (Å²) in [5, 5.41) is 22.1. The molecule has 11 heteroatoms. The third-order valence-corrected chi connectivity index (χ3v) is 8.57. The number of nitrogen functional groups attached to an aromatic ring is 1. The summed E-state index contributed by atoms with van der Waals surface area (Å²) in [6.07, 6.45) is 3.92. The highest BCUT2D eigenvalue weighted by atomic mass is 35.5. The Hall–Kier alpha value is -4.75. The van der Waals surface area contributed by atoms with Gasteiger partial charge in [0.1, 0.15) is 17.0 Å². The number of hydrogen-bond donors (Lipinski definition) is 4. The van der Waals surface area contributed by atoms with Crippen LogP contribution in [0.1, 0.15) is 55.5 Å². The van der Waals surface area contributed by atoms with Gasteiger partial charge in [0.2, 0.25) is 0 Å². The van der Waals surface area contributed by atoms with Crippen molar-refractivity contribution in [1.29, 1.82) is 5.26 Å². The van der Waals surface area contributed by atoms with Crippen molar-refractivity contribution in [3.05, 3.63) is 93.1 Å². The number of halogens is 3. The molecule has 3 heterocycles. The van der Waals surface area contributed by atoms with Crippen LogP contribution in [0.4, 0.5) is 37.6 Å². The second kappa shape index (κ2) is 11.3. The van der Waals surface area contributed by atoms with Gasteiger partial charge in [0, 0.05) is 11.4 Å². The number of nitriles is 1. The number of aromatic amines is 1. The molecule has 45 heavy (non-hydrogen) atoms. The highest BCUT2D eigenvalue weighted by molar-refractivity contribution is 6.30. The number of nitrogens with zero attached hydrogens (tertiary/aromatic N) is 4. The Balaban J connectivity index is 0.000000159. The molecular weight excluding hydrogens is 594 g/mol. The van der Waals surface area contributed by atoms with Gasteiger partial charge >= 0.3 is 0 Å². The van der Waals surface area contributed by atoms with E-state index in [1.165, 1.54) is 28.3 Å². The van der Waals surface area contributed by atoms with Gasteiger partial charge < -0.3 is 16.4 Å². The third-order valence-electron chi connectivity index (χ3n) is 8.28. The van der Waals surface area contributed by atoms with E-state index in [0.717, 1.165) is 43.1 Å². The minimum atomic E-state index is -0.587. The molecule has 0 radical (unpaired) electrons. The van der Waals surface area contributed by atoms with Crippen LogP contribution in [0.2, 0.25) is 5.15 Å². The average molecular weight is 627 g/mol. The van der Waals surface area contributed by atoms with Gasteiger partial charge in [-0.15, -0.1) is 0 Å². The van der Waals surface area contributed by atoms with Crippen LogP contribution < -0.4 is 16.4 Å². The van der Waals surface area contributed by atoms with Crippen LogP contribution in [0.5, 0.6) is 0 Å². The summed E-state index contributed by atoms with van der Waals surface area (Å²) < 4.78 is 28.4. The SMILES string of the molecule is CC1(C)Cc2cccc(Nc3nc(Cl)c(C#N)cc3F)c2C1.CC1(C)Cc2cccc(Nc3nc4n[nH]c(N)c4cc3F)c2C1. The molecule has 8 nitrogen and oxygen atoms in total. The van der Waals surface area contributed by atoms with E-state index in [1.807, 2.05) is 30.3 Å². The maximum absolute atomic E-state index is 14.3. The monoisotopic (exact) mass is 626 g/mol. The first-order valence-electron chi connectivity index (χ1n) is 14.6. The number of rotatable bonds is 4. The van der Waals surface area contributed by atoms with Crippen molar-refractivity contribution >= 4 is 51.5 Å². The second-order valence-electron chi connectivity index (χ2n) is 13.3. The lowest BCUT2D eigenvalue weighted by Gasteiger charge is -2.16. The molecule has 5 N–H and O–H groups in total. The molecule has 0 unspecified atom stereocenters. The molecular formula is C34H33ClF2N8. The van der Waals surface area contributed by atoms with E-state index in [-0.39, 0.29) is 33.2 Å². The van der Waals surface area contributed by atoms with Crippen molar-refractivity contribution in [1.82, 2.24) is 20.2 Å². The Morgan fingerprint density at radius 1 is 0.844 bits per heavy atom. The molecule has 2 aliphatic carbocycles. The maximum atomic E-state index is 14.3. The molecule has 0 saturated heterocycles. The average Bonchev–Trinajstić information content (AvgIpc) is 3.61. The van der Waals surface area contributed by atoms with Gasteiger partial charge in [-0.05, 0) is 83.0 Å². The molecule has 0 fully saturated rings. The van der Waals surface area contributed by atoms with Crippen LogP contribution in [-0.2, 0) is 25.7 Å². The first-order valence-corrected chi connectivity index (χ1v) is 15.0. The molecule has 2 aliphatic rings. The number of pyridine rings is 2. The molecule has 0 bridgehead atoms. The number of H-pyrrole nitrogens is 1. The number of fused-ring (bicyclic) bond motifs is 3. The van der Waals surface area contributed by atoms with Crippen LogP contribution in [0, 0.1) is 33.8 Å². The fourth-order valence-corrected chi connectivity index (χ4v) is 6.46. The summed E-state index contributed by atoms with van der Waals surface area (Å²) in [7, 11) is 0. The second-order valence-corrected chi connectivity index (χ2v) is 13.6. The number of nitrogens with one attached hydrogen (secondary N) is 3. The van der Waals surface area contributed by atoms with Crippen molar-refractivity contribution < 1.29 is 8.78 Å². The minimum Gasteiger partial charge on any atom is -0.384 e. The first kappa shape index (κ1) is 30.3. The summed E-state index contributed by atoms with van der Waals surface area (Å²) in [6.45, 7) is 8.92. The molecule has 0 spiro atoms. The fraction of sp³-hybridized carbons (Fsp3) is 0.294. The van der Waals surface area contributed by atoms with E-state index in [0.29, 0.717) is 16.9 Å². The maximum Gasteiger partial charge on any atom is 0.185 e. The van der Waals surface area contributed by atoms with Gasteiger partial charge in [0.15, 0.2) is 28.9 Å². The number of hydrogen-bond acceptors (Lipinski definition) is 7. The molecule has 0 amide bonds. The summed E-state index contributed by atoms with van der Waals surface area (Å²) in [4.78, 5) is 8.20. The van der Waals surface area contributed by atoms with E-state index in [9.17, 15) is 8.78 Å². The van der Waals surface area contributed by atoms with Crippen LogP contribution in [0.15, 0.2) is 48.5 Å². The lowest BCUT2D eigenvalue weighted by Crippen LogP contribution is -2.10. The molecule has 0 atom stereocenters. The van der Waals surface area contributed by atoms with E-state index >= 15 is 0 Å². The van der Waals surface area contributed by atoms with Gasteiger partial charge in [0.25, 0.3) is 0 Å². The zero-order valence-corrected chi connectivity index (χ0v) is 26.2. The van der Waals surface area contributed by atoms with Crippen LogP contribution in [0.3, 0.4) is 0 Å². The quantitative estimate of drug-likeness (QED) is 0.148. The lowest BCUT2D eigenvalue weighted by atomic mass is 9.90. The number of aromatic nitrogens is 4. The largest absolute Gasteiger partial charge is 0.384 e. The predicted octanol–water partition coefficient (Wildman–Crippen LogP) is 8.16. The van der Waals surface area contributed by atoms with Gasteiger partial charge in [-0.2, -0.15) is 10.4 Å². The van der Waals surface area contributed by atoms with Gasteiger partial charge in [-0.1, -0.05) is 63.6 Å². The highest BCUT2D eigenvalue weighted by Crippen LogP contribution is 2.42. The van der Waals surface area contributed by atoms with Gasteiger partial charge in [0.05, 0.1) is 10.9 Å². The van der Waals surface area contributed by atoms with E-state index in [4.69, 9.17) is 22.6 Å². The summed E-state index contributed by atoms with van der Waals surface area (Å²) in [6, 6.07) is 16.3. The lowest BCUT2D eigenvalue weighted by molar-refractivity contribution is 0.392. The molecule has 2 aromatic carbocycles. The smallest absolute Gasteiger partial charge is 0.185 e. The summed E-state index contributed by atoms with van der Waals surface area (Å²) in [5.41, 5.74) is 13.3. The molecule has 3 aromatic heterocycles. The van der Waals surface area contributed by atoms with Crippen molar-refractivity contribution in [2.24, 2.45) is 10.8 Å². The van der Waals surface area contributed by atoms with Crippen molar-refractivity contribution in [3.63, 3.8) is 0 Å². The molecule has 0 aliphatic heterocycles. The molecule has 0 saturated carbocycles. The summed E-state index contributed by atoms with van der Waals surface area (Å²) >= 11 is 5.89. The van der Waals surface area contributed by atoms with Crippen LogP contribution in [0.25, 0.3) is 11.0 Å². The topological polar surface area (TPSA) is 128 Å². The van der Waals surface area contributed by atoms with Crippen LogP contribution >= 0.6 is 11.6 Å². The van der Waals surface area contributed by atoms with Crippen molar-refractivity contribution in [3.8, 4) is 6.07 Å². The van der Waals surface area contributed by atoms with E-state index in [2.05, 4.69) is 70.6 Å². The van der Waals surface area contributed by atoms with Crippen LogP contribution in [-0.4, -0.2) is 20.2 Å². The zero-order valence-electron chi connectivity index (χ0n) is 25.4. The minimum absolute atomic E-state index is 0.000642. The highest BCUT2D eigenvalue weighted by Gasteiger charge is 2.31. The fourth-order valence-electron chi connectivity index (χ4n) is 6.28. The first-order chi connectivity index (χ1) is 21.3. The molecule has 230 valence electrons.